The van der Waals surface area contributed by atoms with Crippen LogP contribution in [0.3, 0.4) is 0 Å². The Kier molecular flexibility index (Phi) is 7.69. The van der Waals surface area contributed by atoms with Gasteiger partial charge in [-0.25, -0.2) is 0 Å². The van der Waals surface area contributed by atoms with Crippen molar-refractivity contribution in [2.75, 3.05) is 19.7 Å². The van der Waals surface area contributed by atoms with Crippen LogP contribution in [0.2, 0.25) is 0 Å². The van der Waals surface area contributed by atoms with Crippen molar-refractivity contribution in [3.63, 3.8) is 0 Å². The zero-order valence-corrected chi connectivity index (χ0v) is 23.7. The molecule has 0 radical (unpaired) electrons. The monoisotopic (exact) mass is 544 g/mol. The lowest BCUT2D eigenvalue weighted by Crippen LogP contribution is -2.55. The third-order valence-corrected chi connectivity index (χ3v) is 11.2. The molecule has 6 aliphatic rings. The van der Waals surface area contributed by atoms with Crippen molar-refractivity contribution in [3.05, 3.63) is 5.76 Å². The molecule has 2 heterocycles. The van der Waals surface area contributed by atoms with Crippen LogP contribution in [0.25, 0.3) is 0 Å². The van der Waals surface area contributed by atoms with Gasteiger partial charge in [0.1, 0.15) is 11.5 Å². The predicted octanol–water partition coefficient (Wildman–Crippen LogP) is 4.54. The van der Waals surface area contributed by atoms with E-state index in [4.69, 9.17) is 9.26 Å². The Morgan fingerprint density at radius 1 is 1.03 bits per heavy atom. The molecule has 2 amide bonds. The zero-order chi connectivity index (χ0) is 26.3. The minimum atomic E-state index is -0.739. The molecule has 5 saturated carbocycles. The van der Waals surface area contributed by atoms with E-state index >= 15 is 0 Å². The summed E-state index contributed by atoms with van der Waals surface area (Å²) in [5, 5.41) is 14.5. The summed E-state index contributed by atoms with van der Waals surface area (Å²) in [5.41, 5.74) is -0.739. The van der Waals surface area contributed by atoms with Gasteiger partial charge in [0.15, 0.2) is 0 Å². The third kappa shape index (κ3) is 5.60. The molecule has 0 aromatic carbocycles. The highest BCUT2D eigenvalue weighted by atomic mass is 32.2. The fourth-order valence-corrected chi connectivity index (χ4v) is 9.14. The van der Waals surface area contributed by atoms with E-state index in [1.165, 1.54) is 51.4 Å². The number of ether oxygens (including phenoxy) is 1. The number of carbonyl (C=O) groups excluding carboxylic acids is 2. The van der Waals surface area contributed by atoms with Crippen molar-refractivity contribution < 1.29 is 18.8 Å². The van der Waals surface area contributed by atoms with Gasteiger partial charge in [0.25, 0.3) is 11.8 Å². The van der Waals surface area contributed by atoms with Crippen LogP contribution < -0.4 is 20.7 Å². The normalized spacial score (nSPS) is 32.9. The van der Waals surface area contributed by atoms with Crippen LogP contribution in [0.4, 0.5) is 0 Å². The number of hydrogen-bond acceptors (Lipinski definition) is 7. The molecule has 1 aromatic rings. The Hall–Kier alpha value is -1.74. The maximum absolute atomic E-state index is 13.6. The van der Waals surface area contributed by atoms with Crippen LogP contribution in [-0.2, 0) is 4.79 Å². The van der Waals surface area contributed by atoms with E-state index in [1.807, 2.05) is 13.8 Å². The molecule has 1 aliphatic heterocycles. The number of rotatable bonds is 9. The van der Waals surface area contributed by atoms with E-state index in [-0.39, 0.29) is 36.3 Å². The molecule has 210 valence electrons. The number of aromatic nitrogens is 1. The number of nitrogens with zero attached hydrogens (tertiary/aromatic N) is 1. The second-order valence-corrected chi connectivity index (χ2v) is 14.6. The molecule has 8 nitrogen and oxygen atoms in total. The SMILES string of the molecule is CC(C)(COc1noc(C(=O)NC2C3CC4CC(C3)CC2C4)c1SC1CCCCC1)C(=O)N[C@@H]1CCNC1. The van der Waals surface area contributed by atoms with Gasteiger partial charge in [-0.15, -0.1) is 11.8 Å². The number of thioether (sulfide) groups is 1. The summed E-state index contributed by atoms with van der Waals surface area (Å²) in [6, 6.07) is 0.400. The van der Waals surface area contributed by atoms with Crippen molar-refractivity contribution in [2.24, 2.45) is 29.1 Å². The number of carbonyl (C=O) groups is 2. The molecule has 1 aromatic heterocycles. The summed E-state index contributed by atoms with van der Waals surface area (Å²) in [6.07, 6.45) is 13.3. The van der Waals surface area contributed by atoms with Gasteiger partial charge in [-0.3, -0.25) is 9.59 Å². The van der Waals surface area contributed by atoms with Crippen LogP contribution in [0.1, 0.15) is 95.0 Å². The number of amides is 2. The fourth-order valence-electron chi connectivity index (χ4n) is 7.81. The van der Waals surface area contributed by atoms with E-state index in [2.05, 4.69) is 21.1 Å². The second-order valence-electron chi connectivity index (χ2n) is 13.3. The summed E-state index contributed by atoms with van der Waals surface area (Å²) < 4.78 is 11.9. The van der Waals surface area contributed by atoms with Gasteiger partial charge in [0, 0.05) is 23.9 Å². The van der Waals surface area contributed by atoms with E-state index < -0.39 is 5.41 Å². The standard InChI is InChI=1S/C29H44N4O4S/c1-29(2,28(35)31-21-8-9-30-15-21)16-36-27-25(38-22-6-4-3-5-7-22)24(37-33-27)26(34)32-23-19-11-17-10-18(13-19)14-20(23)12-17/h17-23,30H,3-16H2,1-2H3,(H,31,35)(H,32,34)/t17?,18?,19?,20?,21-,23?/m1/s1. The highest BCUT2D eigenvalue weighted by molar-refractivity contribution is 8.00. The molecule has 6 fully saturated rings. The first-order valence-electron chi connectivity index (χ1n) is 15.0. The molecular formula is C29H44N4O4S. The van der Waals surface area contributed by atoms with Crippen LogP contribution >= 0.6 is 11.8 Å². The van der Waals surface area contributed by atoms with Gasteiger partial charge in [-0.05, 0) is 101 Å². The van der Waals surface area contributed by atoms with Gasteiger partial charge in [0.05, 0.1) is 5.41 Å². The minimum absolute atomic E-state index is 0.0315. The first kappa shape index (κ1) is 26.5. The van der Waals surface area contributed by atoms with Gasteiger partial charge in [0.2, 0.25) is 11.7 Å². The molecule has 0 spiro atoms. The van der Waals surface area contributed by atoms with Crippen LogP contribution in [0.5, 0.6) is 5.88 Å². The van der Waals surface area contributed by atoms with Crippen LogP contribution in [0.15, 0.2) is 9.42 Å². The Bertz CT molecular complexity index is 986. The van der Waals surface area contributed by atoms with Gasteiger partial charge < -0.3 is 25.2 Å². The molecule has 38 heavy (non-hydrogen) atoms. The lowest BCUT2D eigenvalue weighted by molar-refractivity contribution is -0.131. The number of nitrogens with one attached hydrogen (secondary N) is 3. The molecular weight excluding hydrogens is 500 g/mol. The summed E-state index contributed by atoms with van der Waals surface area (Å²) in [6.45, 7) is 5.67. The average Bonchev–Trinajstić information content (AvgIpc) is 3.55. The van der Waals surface area contributed by atoms with Gasteiger partial charge >= 0.3 is 0 Å². The van der Waals surface area contributed by atoms with Crippen molar-refractivity contribution in [2.45, 2.75) is 107 Å². The fraction of sp³-hybridized carbons (Fsp3) is 0.828. The average molecular weight is 545 g/mol. The second kappa shape index (κ2) is 11.0. The van der Waals surface area contributed by atoms with Crippen molar-refractivity contribution in [1.82, 2.24) is 21.1 Å². The van der Waals surface area contributed by atoms with Crippen LogP contribution in [-0.4, -0.2) is 54.0 Å². The van der Waals surface area contributed by atoms with Crippen molar-refractivity contribution >= 4 is 23.6 Å². The van der Waals surface area contributed by atoms with Gasteiger partial charge in [-0.2, -0.15) is 0 Å². The number of hydrogen-bond donors (Lipinski definition) is 3. The molecule has 4 bridgehead atoms. The summed E-state index contributed by atoms with van der Waals surface area (Å²) >= 11 is 1.68. The molecule has 1 atom stereocenters. The Morgan fingerprint density at radius 3 is 2.39 bits per heavy atom. The summed E-state index contributed by atoms with van der Waals surface area (Å²) in [7, 11) is 0. The first-order chi connectivity index (χ1) is 18.4. The van der Waals surface area contributed by atoms with Crippen LogP contribution in [0, 0.1) is 29.1 Å². The first-order valence-corrected chi connectivity index (χ1v) is 15.9. The largest absolute Gasteiger partial charge is 0.474 e. The highest BCUT2D eigenvalue weighted by Crippen LogP contribution is 2.54. The molecule has 1 saturated heterocycles. The van der Waals surface area contributed by atoms with E-state index in [1.54, 1.807) is 11.8 Å². The summed E-state index contributed by atoms with van der Waals surface area (Å²) in [4.78, 5) is 27.3. The van der Waals surface area contributed by atoms with E-state index in [0.29, 0.717) is 27.9 Å². The van der Waals surface area contributed by atoms with E-state index in [0.717, 1.165) is 44.2 Å². The minimum Gasteiger partial charge on any atom is -0.474 e. The predicted molar refractivity (Wildman–Crippen MR) is 146 cm³/mol. The quantitative estimate of drug-likeness (QED) is 0.419. The van der Waals surface area contributed by atoms with Crippen molar-refractivity contribution in [1.29, 1.82) is 0 Å². The maximum Gasteiger partial charge on any atom is 0.291 e. The molecule has 5 aliphatic carbocycles. The zero-order valence-electron chi connectivity index (χ0n) is 22.9. The van der Waals surface area contributed by atoms with E-state index in [9.17, 15) is 9.59 Å². The van der Waals surface area contributed by atoms with Gasteiger partial charge in [-0.1, -0.05) is 19.3 Å². The lowest BCUT2D eigenvalue weighted by atomic mass is 9.54. The Morgan fingerprint density at radius 2 is 1.74 bits per heavy atom. The van der Waals surface area contributed by atoms with Crippen molar-refractivity contribution in [3.8, 4) is 5.88 Å². The molecule has 9 heteroatoms. The Balaban J connectivity index is 1.15. The maximum atomic E-state index is 13.6. The summed E-state index contributed by atoms with van der Waals surface area (Å²) in [5.74, 6) is 3.35. The topological polar surface area (TPSA) is 105 Å². The molecule has 7 rings (SSSR count). The third-order valence-electron chi connectivity index (χ3n) is 9.77. The molecule has 0 unspecified atom stereocenters. The molecule has 3 N–H and O–H groups in total. The lowest BCUT2D eigenvalue weighted by Gasteiger charge is -2.54. The highest BCUT2D eigenvalue weighted by Gasteiger charge is 2.49. The smallest absolute Gasteiger partial charge is 0.291 e. The Labute approximate surface area is 230 Å².